The van der Waals surface area contributed by atoms with Crippen molar-refractivity contribution in [3.8, 4) is 0 Å². The Balaban J connectivity index is 1.15. The van der Waals surface area contributed by atoms with Crippen molar-refractivity contribution in [3.05, 3.63) is 84.0 Å². The molecule has 9 N–H and O–H groups in total. The molecule has 7 rings (SSSR count). The van der Waals surface area contributed by atoms with Crippen molar-refractivity contribution in [2.75, 3.05) is 35.2 Å². The number of anilines is 3. The number of aromatic nitrogens is 5. The number of nitrogens with two attached hydrogens (primary N) is 1. The Kier molecular flexibility index (Phi) is 10.2. The van der Waals surface area contributed by atoms with Crippen LogP contribution in [0.15, 0.2) is 76.4 Å². The third-order valence-corrected chi connectivity index (χ3v) is 9.97. The minimum atomic E-state index is -3.96. The maximum atomic E-state index is 12.9. The molecule has 2 fully saturated rings. The van der Waals surface area contributed by atoms with Crippen molar-refractivity contribution in [2.45, 2.75) is 61.0 Å². The number of hydrogen-bond acceptors (Lipinski definition) is 15. The van der Waals surface area contributed by atoms with Crippen molar-refractivity contribution >= 4 is 44.7 Å². The van der Waals surface area contributed by atoms with Gasteiger partial charge in [0.05, 0.1) is 30.5 Å². The highest BCUT2D eigenvalue weighted by Crippen LogP contribution is 2.40. The van der Waals surface area contributed by atoms with Crippen LogP contribution in [0.4, 0.5) is 22.2 Å². The summed E-state index contributed by atoms with van der Waals surface area (Å²) >= 11 is 0. The maximum Gasteiger partial charge on any atom is 0.319 e. The van der Waals surface area contributed by atoms with Gasteiger partial charge in [-0.3, -0.25) is 4.57 Å². The third-order valence-electron chi connectivity index (χ3n) is 9.05. The normalized spacial score (nSPS) is 22.3. The van der Waals surface area contributed by atoms with Gasteiger partial charge in [0.2, 0.25) is 16.0 Å². The van der Waals surface area contributed by atoms with E-state index in [0.717, 1.165) is 5.56 Å². The van der Waals surface area contributed by atoms with Crippen molar-refractivity contribution in [1.82, 2.24) is 30.0 Å². The molecule has 20 heteroatoms. The highest BCUT2D eigenvalue weighted by molar-refractivity contribution is 7.89. The number of sulfonamides is 1. The number of nitrogens with zero attached hydrogens (tertiary/aromatic N) is 6. The van der Waals surface area contributed by atoms with Gasteiger partial charge in [0, 0.05) is 30.9 Å². The van der Waals surface area contributed by atoms with E-state index in [1.54, 1.807) is 0 Å². The Morgan fingerprint density at radius 2 is 1.87 bits per heavy atom. The molecular formula is C33H38N10O9S. The van der Waals surface area contributed by atoms with Gasteiger partial charge in [0.1, 0.15) is 24.0 Å². The summed E-state index contributed by atoms with van der Waals surface area (Å²) in [7, 11) is -3.96. The van der Waals surface area contributed by atoms with Gasteiger partial charge < -0.3 is 50.5 Å². The molecular weight excluding hydrogens is 712 g/mol. The Hall–Kier alpha value is -5.22. The van der Waals surface area contributed by atoms with Gasteiger partial charge in [-0.25, -0.2) is 23.3 Å². The van der Waals surface area contributed by atoms with Crippen LogP contribution in [0.25, 0.3) is 11.2 Å². The SMILES string of the molecule is NS(=O)(=O)c1cccc(NC(=O)NC2CCN(c3nc(N[C@H](CO)Cc4ccccc4)c4ncn([C@@H]5O[C@H](c6cc(CO)no6)[C@@H](O)[C@H]5O)c4n3)C2)c1. The lowest BCUT2D eigenvalue weighted by Gasteiger charge is -2.22. The monoisotopic (exact) mass is 750 g/mol. The van der Waals surface area contributed by atoms with Crippen LogP contribution in [0.3, 0.4) is 0 Å². The number of hydrogen-bond donors (Lipinski definition) is 8. The summed E-state index contributed by atoms with van der Waals surface area (Å²) in [5.41, 5.74) is 2.03. The number of urea groups is 1. The van der Waals surface area contributed by atoms with E-state index < -0.39 is 46.6 Å². The molecule has 5 aromatic rings. The number of carbonyl (C=O) groups excluding carboxylic acids is 1. The number of benzene rings is 2. The number of ether oxygens (including phenoxy) is 1. The lowest BCUT2D eigenvalue weighted by Crippen LogP contribution is -2.40. The predicted octanol–water partition coefficient (Wildman–Crippen LogP) is 0.362. The Bertz CT molecular complexity index is 2180. The zero-order valence-corrected chi connectivity index (χ0v) is 28.9. The first-order valence-electron chi connectivity index (χ1n) is 16.7. The Labute approximate surface area is 302 Å². The molecule has 1 unspecified atom stereocenters. The van der Waals surface area contributed by atoms with E-state index in [2.05, 4.69) is 26.1 Å². The Morgan fingerprint density at radius 1 is 1.06 bits per heavy atom. The first-order valence-corrected chi connectivity index (χ1v) is 18.2. The van der Waals surface area contributed by atoms with E-state index in [-0.39, 0.29) is 52.9 Å². The zero-order chi connectivity index (χ0) is 37.3. The quantitative estimate of drug-likeness (QED) is 0.0855. The van der Waals surface area contributed by atoms with Crippen LogP contribution >= 0.6 is 0 Å². The van der Waals surface area contributed by atoms with E-state index >= 15 is 0 Å². The fourth-order valence-electron chi connectivity index (χ4n) is 6.41. The second kappa shape index (κ2) is 15.0. The maximum absolute atomic E-state index is 12.9. The summed E-state index contributed by atoms with van der Waals surface area (Å²) < 4.78 is 36.3. The predicted molar refractivity (Wildman–Crippen MR) is 188 cm³/mol. The van der Waals surface area contributed by atoms with Crippen molar-refractivity contribution in [2.24, 2.45) is 5.14 Å². The largest absolute Gasteiger partial charge is 0.394 e. The molecule has 0 bridgehead atoms. The summed E-state index contributed by atoms with van der Waals surface area (Å²) in [5.74, 6) is 0.680. The van der Waals surface area contributed by atoms with E-state index in [9.17, 15) is 33.6 Å². The first-order chi connectivity index (χ1) is 25.5. The summed E-state index contributed by atoms with van der Waals surface area (Å²) in [6.45, 7) is 0.137. The molecule has 0 saturated carbocycles. The van der Waals surface area contributed by atoms with Crippen LogP contribution in [0.1, 0.15) is 35.8 Å². The summed E-state index contributed by atoms with van der Waals surface area (Å²) in [5, 5.41) is 59.6. The van der Waals surface area contributed by atoms with E-state index in [4.69, 9.17) is 24.4 Å². The Morgan fingerprint density at radius 3 is 2.60 bits per heavy atom. The molecule has 2 saturated heterocycles. The molecule has 0 radical (unpaired) electrons. The zero-order valence-electron chi connectivity index (χ0n) is 28.1. The summed E-state index contributed by atoms with van der Waals surface area (Å²) in [6.07, 6.45) is -2.74. The highest BCUT2D eigenvalue weighted by atomic mass is 32.2. The van der Waals surface area contributed by atoms with Crippen molar-refractivity contribution in [1.29, 1.82) is 0 Å². The number of aliphatic hydroxyl groups excluding tert-OH is 4. The summed E-state index contributed by atoms with van der Waals surface area (Å²) in [6, 6.07) is 15.3. The molecule has 280 valence electrons. The number of primary sulfonamides is 1. The molecule has 6 atom stereocenters. The second-order valence-electron chi connectivity index (χ2n) is 12.8. The molecule has 53 heavy (non-hydrogen) atoms. The van der Waals surface area contributed by atoms with Crippen LogP contribution in [-0.4, -0.2) is 104 Å². The fraction of sp³-hybridized carbons (Fsp3) is 0.364. The van der Waals surface area contributed by atoms with E-state index in [1.165, 1.54) is 41.2 Å². The van der Waals surface area contributed by atoms with Gasteiger partial charge in [0.15, 0.2) is 29.0 Å². The van der Waals surface area contributed by atoms with Crippen LogP contribution in [0, 0.1) is 0 Å². The number of fused-ring (bicyclic) bond motifs is 1. The number of nitrogens with one attached hydrogen (secondary N) is 3. The molecule has 3 aromatic heterocycles. The van der Waals surface area contributed by atoms with Crippen LogP contribution in [0.2, 0.25) is 0 Å². The number of rotatable bonds is 12. The standard InChI is InChI=1S/C33H38N10O9S/c34-53(49,50)23-8-4-7-19(12-23)37-33(48)38-20-9-10-42(14-20)32-39-29(36-21(15-44)11-18-5-2-1-3-6-18)25-30(40-32)43(17-35-25)31-27(47)26(46)28(51-31)24-13-22(16-45)41-52-24/h1-8,12-13,17,20-21,26-28,31,44-47H,9-11,14-16H2,(H2,34,49,50)(H,36,39,40)(H2,37,38,48)/t20?,21-,26-,27+,28+,31+/m0/s1. The topological polar surface area (TPSA) is 276 Å². The minimum absolute atomic E-state index is 0.119. The van der Waals surface area contributed by atoms with Gasteiger partial charge in [-0.2, -0.15) is 9.97 Å². The molecule has 19 nitrogen and oxygen atoms in total. The average Bonchev–Trinajstić information content (AvgIpc) is 3.95. The van der Waals surface area contributed by atoms with Gasteiger partial charge >= 0.3 is 6.03 Å². The lowest BCUT2D eigenvalue weighted by atomic mass is 10.1. The number of amides is 2. The van der Waals surface area contributed by atoms with E-state index in [1.807, 2.05) is 35.2 Å². The molecule has 0 spiro atoms. The summed E-state index contributed by atoms with van der Waals surface area (Å²) in [4.78, 5) is 28.7. The number of carbonyl (C=O) groups is 1. The third kappa shape index (κ3) is 7.78. The molecule has 5 heterocycles. The number of aliphatic hydroxyl groups is 4. The molecule has 2 aliphatic heterocycles. The second-order valence-corrected chi connectivity index (χ2v) is 14.4. The van der Waals surface area contributed by atoms with Gasteiger partial charge in [-0.1, -0.05) is 41.6 Å². The molecule has 2 amide bonds. The minimum Gasteiger partial charge on any atom is -0.394 e. The van der Waals surface area contributed by atoms with Gasteiger partial charge in [-0.15, -0.1) is 0 Å². The van der Waals surface area contributed by atoms with Crippen LogP contribution in [-0.2, 0) is 27.8 Å². The molecule has 0 aliphatic carbocycles. The van der Waals surface area contributed by atoms with Crippen LogP contribution in [0.5, 0.6) is 0 Å². The number of imidazole rings is 1. The lowest BCUT2D eigenvalue weighted by molar-refractivity contribution is -0.0434. The highest BCUT2D eigenvalue weighted by Gasteiger charge is 2.47. The fourth-order valence-corrected chi connectivity index (χ4v) is 6.97. The van der Waals surface area contributed by atoms with Crippen LogP contribution < -0.4 is 26.0 Å². The van der Waals surface area contributed by atoms with Crippen molar-refractivity contribution in [3.63, 3.8) is 0 Å². The van der Waals surface area contributed by atoms with E-state index in [0.29, 0.717) is 37.3 Å². The molecule has 2 aliphatic rings. The van der Waals surface area contributed by atoms with Crippen molar-refractivity contribution < 1.29 is 42.9 Å². The average molecular weight is 751 g/mol. The van der Waals surface area contributed by atoms with Gasteiger partial charge in [-0.05, 0) is 36.6 Å². The van der Waals surface area contributed by atoms with Gasteiger partial charge in [0.25, 0.3) is 0 Å². The smallest absolute Gasteiger partial charge is 0.319 e. The molecule has 2 aromatic carbocycles. The first kappa shape index (κ1) is 36.2.